The van der Waals surface area contributed by atoms with Crippen LogP contribution >= 0.6 is 0 Å². The molecule has 0 aromatic rings. The Balaban J connectivity index is 2.56. The first-order chi connectivity index (χ1) is 8.53. The second-order valence-corrected chi connectivity index (χ2v) is 8.66. The summed E-state index contributed by atoms with van der Waals surface area (Å²) in [6.07, 6.45) is 6.22. The summed E-state index contributed by atoms with van der Waals surface area (Å²) in [5.74, 6) is 0.921. The smallest absolute Gasteiger partial charge is 0.374 e. The molecule has 0 aliphatic carbocycles. The number of piperidine rings is 1. The van der Waals surface area contributed by atoms with E-state index in [0.29, 0.717) is 0 Å². The van der Waals surface area contributed by atoms with Crippen molar-refractivity contribution < 1.29 is 17.8 Å². The number of likely N-dealkylation sites (tertiary alicyclic amines) is 1. The van der Waals surface area contributed by atoms with Crippen LogP contribution in [0, 0.1) is 5.92 Å². The first kappa shape index (κ1) is 16.1. The summed E-state index contributed by atoms with van der Waals surface area (Å²) in [6.45, 7) is 4.71. The number of rotatable bonds is 7. The zero-order chi connectivity index (χ0) is 13.6. The Morgan fingerprint density at radius 3 is 1.94 bits per heavy atom. The standard InChI is InChI=1S/C13H30NO3Si/c1-6-7-13-8-10-14(2,11-9-13)12-18(15-3,16-4)17-5/h13H,6-12H2,1-5H3/q+1. The van der Waals surface area contributed by atoms with Crippen LogP contribution in [0.1, 0.15) is 32.6 Å². The fourth-order valence-electron chi connectivity index (χ4n) is 3.01. The van der Waals surface area contributed by atoms with E-state index in [-0.39, 0.29) is 0 Å². The number of quaternary nitrogens is 1. The van der Waals surface area contributed by atoms with Gasteiger partial charge in [0, 0.05) is 21.3 Å². The number of nitrogens with zero attached hydrogens (tertiary/aromatic N) is 1. The van der Waals surface area contributed by atoms with Crippen molar-refractivity contribution in [3.8, 4) is 0 Å². The average Bonchev–Trinajstić information content (AvgIpc) is 2.40. The summed E-state index contributed by atoms with van der Waals surface area (Å²) in [4.78, 5) is 0. The van der Waals surface area contributed by atoms with Crippen LogP contribution in [0.2, 0.25) is 0 Å². The molecule has 0 spiro atoms. The molecule has 4 nitrogen and oxygen atoms in total. The van der Waals surface area contributed by atoms with Crippen molar-refractivity contribution in [1.29, 1.82) is 0 Å². The summed E-state index contributed by atoms with van der Waals surface area (Å²) in [5.41, 5.74) is 0. The third kappa shape index (κ3) is 4.03. The Morgan fingerprint density at radius 1 is 1.06 bits per heavy atom. The fourth-order valence-corrected chi connectivity index (χ4v) is 5.15. The molecule has 1 fully saturated rings. The highest BCUT2D eigenvalue weighted by molar-refractivity contribution is 6.60. The van der Waals surface area contributed by atoms with Gasteiger partial charge in [-0.2, -0.15) is 0 Å². The van der Waals surface area contributed by atoms with Crippen LogP contribution in [0.5, 0.6) is 0 Å². The average molecular weight is 276 g/mol. The SMILES string of the molecule is CCCC1CC[N+](C)(C[Si](OC)(OC)OC)CC1. The van der Waals surface area contributed by atoms with Crippen LogP contribution in [0.4, 0.5) is 0 Å². The van der Waals surface area contributed by atoms with Crippen LogP contribution < -0.4 is 0 Å². The molecule has 1 aliphatic rings. The van der Waals surface area contributed by atoms with E-state index < -0.39 is 8.80 Å². The molecule has 108 valence electrons. The molecule has 1 saturated heterocycles. The first-order valence-corrected chi connectivity index (χ1v) is 8.95. The Hall–Kier alpha value is 0.0569. The molecule has 0 aromatic heterocycles. The summed E-state index contributed by atoms with van der Waals surface area (Å²) in [5, 5.41) is 0. The van der Waals surface area contributed by atoms with Gasteiger partial charge in [-0.25, -0.2) is 0 Å². The molecule has 5 heteroatoms. The summed E-state index contributed by atoms with van der Waals surface area (Å²) in [7, 11) is 4.97. The monoisotopic (exact) mass is 276 g/mol. The number of hydrogen-bond acceptors (Lipinski definition) is 3. The maximum absolute atomic E-state index is 5.56. The van der Waals surface area contributed by atoms with E-state index >= 15 is 0 Å². The lowest BCUT2D eigenvalue weighted by molar-refractivity contribution is -0.908. The zero-order valence-corrected chi connectivity index (χ0v) is 13.7. The highest BCUT2D eigenvalue weighted by Crippen LogP contribution is 2.27. The minimum atomic E-state index is -2.45. The Kier molecular flexibility index (Phi) is 6.27. The Bertz CT molecular complexity index is 230. The molecule has 0 atom stereocenters. The van der Waals surface area contributed by atoms with Gasteiger partial charge in [0.05, 0.1) is 20.1 Å². The molecule has 0 bridgehead atoms. The normalized spacial score (nSPS) is 29.5. The van der Waals surface area contributed by atoms with Crippen molar-refractivity contribution in [2.75, 3.05) is 47.6 Å². The Morgan fingerprint density at radius 2 is 1.56 bits per heavy atom. The van der Waals surface area contributed by atoms with E-state index in [2.05, 4.69) is 14.0 Å². The lowest BCUT2D eigenvalue weighted by atomic mass is 9.92. The van der Waals surface area contributed by atoms with Crippen molar-refractivity contribution in [3.63, 3.8) is 0 Å². The largest absolute Gasteiger partial charge is 0.558 e. The van der Waals surface area contributed by atoms with Gasteiger partial charge in [-0.05, 0) is 18.8 Å². The summed E-state index contributed by atoms with van der Waals surface area (Å²) in [6, 6.07) is 0. The van der Waals surface area contributed by atoms with Crippen molar-refractivity contribution >= 4 is 8.80 Å². The molecule has 1 rings (SSSR count). The van der Waals surface area contributed by atoms with Gasteiger partial charge in [0.1, 0.15) is 6.17 Å². The van der Waals surface area contributed by atoms with Crippen LogP contribution in [0.15, 0.2) is 0 Å². The molecular formula is C13H30NO3Si+. The van der Waals surface area contributed by atoms with Crippen molar-refractivity contribution in [2.45, 2.75) is 32.6 Å². The third-order valence-electron chi connectivity index (χ3n) is 4.36. The zero-order valence-electron chi connectivity index (χ0n) is 12.7. The topological polar surface area (TPSA) is 27.7 Å². The molecule has 0 unspecified atom stereocenters. The van der Waals surface area contributed by atoms with Gasteiger partial charge >= 0.3 is 8.80 Å². The maximum atomic E-state index is 5.56. The maximum Gasteiger partial charge on any atom is 0.558 e. The van der Waals surface area contributed by atoms with Gasteiger partial charge in [0.25, 0.3) is 0 Å². The van der Waals surface area contributed by atoms with Crippen molar-refractivity contribution in [2.24, 2.45) is 5.92 Å². The molecule has 18 heavy (non-hydrogen) atoms. The third-order valence-corrected chi connectivity index (χ3v) is 7.38. The van der Waals surface area contributed by atoms with Crippen molar-refractivity contribution in [3.05, 3.63) is 0 Å². The molecule has 0 radical (unpaired) electrons. The molecule has 0 amide bonds. The molecule has 0 saturated carbocycles. The molecule has 1 heterocycles. The van der Waals surface area contributed by atoms with E-state index in [1.165, 1.54) is 38.8 Å². The molecule has 0 N–H and O–H groups in total. The van der Waals surface area contributed by atoms with Crippen LogP contribution in [0.3, 0.4) is 0 Å². The molecular weight excluding hydrogens is 246 g/mol. The van der Waals surface area contributed by atoms with Crippen LogP contribution in [0.25, 0.3) is 0 Å². The van der Waals surface area contributed by atoms with Crippen LogP contribution in [-0.2, 0) is 13.3 Å². The molecule has 1 aliphatic heterocycles. The summed E-state index contributed by atoms with van der Waals surface area (Å²) >= 11 is 0. The van der Waals surface area contributed by atoms with E-state index in [4.69, 9.17) is 13.3 Å². The lowest BCUT2D eigenvalue weighted by Crippen LogP contribution is -2.62. The van der Waals surface area contributed by atoms with Gasteiger partial charge < -0.3 is 17.8 Å². The van der Waals surface area contributed by atoms with Gasteiger partial charge in [-0.15, -0.1) is 0 Å². The van der Waals surface area contributed by atoms with Gasteiger partial charge in [-0.1, -0.05) is 19.8 Å². The summed E-state index contributed by atoms with van der Waals surface area (Å²) < 4.78 is 17.7. The van der Waals surface area contributed by atoms with E-state index in [9.17, 15) is 0 Å². The van der Waals surface area contributed by atoms with E-state index in [0.717, 1.165) is 16.6 Å². The Labute approximate surface area is 113 Å². The quantitative estimate of drug-likeness (QED) is 0.526. The minimum Gasteiger partial charge on any atom is -0.374 e. The second-order valence-electron chi connectivity index (χ2n) is 5.75. The fraction of sp³-hybridized carbons (Fsp3) is 1.00. The van der Waals surface area contributed by atoms with Gasteiger partial charge in [0.2, 0.25) is 0 Å². The first-order valence-electron chi connectivity index (χ1n) is 7.02. The predicted octanol–water partition coefficient (Wildman–Crippen LogP) is 2.06. The lowest BCUT2D eigenvalue weighted by Gasteiger charge is -2.43. The van der Waals surface area contributed by atoms with E-state index in [1.54, 1.807) is 21.3 Å². The number of hydrogen-bond donors (Lipinski definition) is 0. The predicted molar refractivity (Wildman–Crippen MR) is 75.2 cm³/mol. The van der Waals surface area contributed by atoms with Crippen molar-refractivity contribution in [1.82, 2.24) is 0 Å². The van der Waals surface area contributed by atoms with Gasteiger partial charge in [-0.3, -0.25) is 0 Å². The minimum absolute atomic E-state index is 0.884. The van der Waals surface area contributed by atoms with Crippen LogP contribution in [-0.4, -0.2) is 60.9 Å². The highest BCUT2D eigenvalue weighted by Gasteiger charge is 2.47. The highest BCUT2D eigenvalue weighted by atomic mass is 28.4. The van der Waals surface area contributed by atoms with Gasteiger partial charge in [0.15, 0.2) is 0 Å². The van der Waals surface area contributed by atoms with E-state index in [1.807, 2.05) is 0 Å². The second kappa shape index (κ2) is 7.00. The molecule has 0 aromatic carbocycles.